The van der Waals surface area contributed by atoms with Crippen LogP contribution >= 0.6 is 0 Å². The first kappa shape index (κ1) is 20.1. The van der Waals surface area contributed by atoms with Crippen LogP contribution in [0.5, 0.6) is 5.75 Å². The lowest BCUT2D eigenvalue weighted by atomic mass is 9.90. The maximum Gasteiger partial charge on any atom is 0.142 e. The van der Waals surface area contributed by atoms with E-state index in [9.17, 15) is 9.65 Å². The van der Waals surface area contributed by atoms with Gasteiger partial charge in [0.2, 0.25) is 0 Å². The van der Waals surface area contributed by atoms with Crippen LogP contribution in [0.25, 0.3) is 22.3 Å². The number of aryl methyl sites for hydroxylation is 1. The van der Waals surface area contributed by atoms with Crippen LogP contribution in [0.15, 0.2) is 78.9 Å². The molecule has 1 heterocycles. The van der Waals surface area contributed by atoms with E-state index >= 15 is 0 Å². The molecule has 0 radical (unpaired) electrons. The smallest absolute Gasteiger partial charge is 0.142 e. The largest absolute Gasteiger partial charge is 0.489 e. The summed E-state index contributed by atoms with van der Waals surface area (Å²) in [5, 5.41) is 9.79. The van der Waals surface area contributed by atoms with Crippen molar-refractivity contribution in [1.82, 2.24) is 4.98 Å². The third-order valence-corrected chi connectivity index (χ3v) is 5.04. The van der Waals surface area contributed by atoms with Gasteiger partial charge in [0.15, 0.2) is 0 Å². The van der Waals surface area contributed by atoms with Crippen molar-refractivity contribution in [3.05, 3.63) is 102 Å². The summed E-state index contributed by atoms with van der Waals surface area (Å²) < 4.78 is 18.9. The Morgan fingerprint density at radius 3 is 2.19 bits per heavy atom. The molecule has 0 spiro atoms. The molecule has 0 atom stereocenters. The van der Waals surface area contributed by atoms with Crippen LogP contribution in [0, 0.1) is 24.1 Å². The van der Waals surface area contributed by atoms with Crippen LogP contribution in [-0.4, -0.2) is 4.98 Å². The molecule has 3 aromatic carbocycles. The lowest BCUT2D eigenvalue weighted by Crippen LogP contribution is -2.03. The first-order chi connectivity index (χ1) is 15.1. The second-order valence-corrected chi connectivity index (χ2v) is 7.12. The fourth-order valence-corrected chi connectivity index (χ4v) is 3.55. The van der Waals surface area contributed by atoms with E-state index in [0.717, 1.165) is 33.5 Å². The zero-order chi connectivity index (χ0) is 21.8. The van der Waals surface area contributed by atoms with Crippen molar-refractivity contribution in [2.75, 3.05) is 5.73 Å². The van der Waals surface area contributed by atoms with E-state index in [1.54, 1.807) is 12.1 Å². The molecule has 1 aromatic heterocycles. The fourth-order valence-electron chi connectivity index (χ4n) is 3.55. The van der Waals surface area contributed by atoms with Gasteiger partial charge in [0.05, 0.1) is 0 Å². The standard InChI is InChI=1S/C26H20FN3O/c1-17-24(19-5-3-2-4-6-19)25(23(15-28)26(29)30-17)20-9-13-22(14-10-20)31-16-18-7-11-21(27)12-8-18/h2-14H,16H2,1H3,(H2,29,30). The first-order valence-electron chi connectivity index (χ1n) is 9.80. The van der Waals surface area contributed by atoms with E-state index < -0.39 is 0 Å². The Hall–Kier alpha value is -4.17. The van der Waals surface area contributed by atoms with Gasteiger partial charge in [-0.3, -0.25) is 0 Å². The number of hydrogen-bond acceptors (Lipinski definition) is 4. The highest BCUT2D eigenvalue weighted by molar-refractivity contribution is 5.91. The van der Waals surface area contributed by atoms with Gasteiger partial charge >= 0.3 is 0 Å². The number of anilines is 1. The molecule has 0 fully saturated rings. The highest BCUT2D eigenvalue weighted by Crippen LogP contribution is 2.39. The third-order valence-electron chi connectivity index (χ3n) is 5.04. The Bertz CT molecular complexity index is 1250. The molecule has 0 unspecified atom stereocenters. The maximum atomic E-state index is 13.1. The number of halogens is 1. The van der Waals surface area contributed by atoms with Gasteiger partial charge in [-0.1, -0.05) is 54.6 Å². The molecule has 152 valence electrons. The normalized spacial score (nSPS) is 10.5. The van der Waals surface area contributed by atoms with Gasteiger partial charge < -0.3 is 10.5 Å². The molecule has 0 saturated heterocycles. The number of rotatable bonds is 5. The summed E-state index contributed by atoms with van der Waals surface area (Å²) in [5.41, 5.74) is 11.5. The van der Waals surface area contributed by atoms with Gasteiger partial charge in [0.1, 0.15) is 35.6 Å². The highest BCUT2D eigenvalue weighted by atomic mass is 19.1. The van der Waals surface area contributed by atoms with Gasteiger partial charge in [0.25, 0.3) is 0 Å². The predicted molar refractivity (Wildman–Crippen MR) is 120 cm³/mol. The van der Waals surface area contributed by atoms with Crippen LogP contribution in [0.3, 0.4) is 0 Å². The average molecular weight is 409 g/mol. The van der Waals surface area contributed by atoms with E-state index in [1.165, 1.54) is 12.1 Å². The van der Waals surface area contributed by atoms with Gasteiger partial charge in [-0.15, -0.1) is 0 Å². The number of aromatic nitrogens is 1. The van der Waals surface area contributed by atoms with Crippen molar-refractivity contribution in [1.29, 1.82) is 5.26 Å². The number of nitriles is 1. The number of nitrogens with two attached hydrogens (primary N) is 1. The number of nitrogen functional groups attached to an aromatic ring is 1. The van der Waals surface area contributed by atoms with Crippen LogP contribution in [0.4, 0.5) is 10.2 Å². The molecule has 0 aliphatic rings. The Morgan fingerprint density at radius 1 is 0.903 bits per heavy atom. The molecule has 0 amide bonds. The summed E-state index contributed by atoms with van der Waals surface area (Å²) in [6.07, 6.45) is 0. The van der Waals surface area contributed by atoms with Crippen LogP contribution in [-0.2, 0) is 6.61 Å². The average Bonchev–Trinajstić information content (AvgIpc) is 2.79. The minimum Gasteiger partial charge on any atom is -0.489 e. The van der Waals surface area contributed by atoms with E-state index in [-0.39, 0.29) is 11.6 Å². The summed E-state index contributed by atoms with van der Waals surface area (Å²) >= 11 is 0. The van der Waals surface area contributed by atoms with Gasteiger partial charge in [-0.2, -0.15) is 5.26 Å². The molecule has 4 aromatic rings. The van der Waals surface area contributed by atoms with Crippen molar-refractivity contribution in [2.45, 2.75) is 13.5 Å². The van der Waals surface area contributed by atoms with Gasteiger partial charge in [0, 0.05) is 16.8 Å². The zero-order valence-electron chi connectivity index (χ0n) is 17.0. The minimum absolute atomic E-state index is 0.214. The summed E-state index contributed by atoms with van der Waals surface area (Å²) in [5.74, 6) is 0.612. The van der Waals surface area contributed by atoms with Crippen molar-refractivity contribution in [3.8, 4) is 34.1 Å². The molecule has 0 aliphatic carbocycles. The second-order valence-electron chi connectivity index (χ2n) is 7.12. The SMILES string of the molecule is Cc1nc(N)c(C#N)c(-c2ccc(OCc3ccc(F)cc3)cc2)c1-c1ccccc1. The molecule has 5 heteroatoms. The molecule has 2 N–H and O–H groups in total. The Balaban J connectivity index is 1.70. The minimum atomic E-state index is -0.275. The number of hydrogen-bond donors (Lipinski definition) is 1. The summed E-state index contributed by atoms with van der Waals surface area (Å²) in [6.45, 7) is 2.23. The fraction of sp³-hybridized carbons (Fsp3) is 0.0769. The quantitative estimate of drug-likeness (QED) is 0.446. The van der Waals surface area contributed by atoms with E-state index in [0.29, 0.717) is 17.9 Å². The van der Waals surface area contributed by atoms with E-state index in [2.05, 4.69) is 11.1 Å². The van der Waals surface area contributed by atoms with E-state index in [1.807, 2.05) is 61.5 Å². The molecular formula is C26H20FN3O. The summed E-state index contributed by atoms with van der Waals surface area (Å²) in [4.78, 5) is 4.40. The third kappa shape index (κ3) is 4.24. The Kier molecular flexibility index (Phi) is 5.63. The topological polar surface area (TPSA) is 71.9 Å². The Morgan fingerprint density at radius 2 is 1.55 bits per heavy atom. The zero-order valence-corrected chi connectivity index (χ0v) is 17.0. The van der Waals surface area contributed by atoms with Gasteiger partial charge in [-0.05, 0) is 47.9 Å². The molecule has 4 rings (SSSR count). The molecule has 31 heavy (non-hydrogen) atoms. The number of ether oxygens (including phenoxy) is 1. The van der Waals surface area contributed by atoms with Crippen LogP contribution in [0.2, 0.25) is 0 Å². The van der Waals surface area contributed by atoms with Crippen LogP contribution < -0.4 is 10.5 Å². The monoisotopic (exact) mass is 409 g/mol. The van der Waals surface area contributed by atoms with Crippen molar-refractivity contribution in [3.63, 3.8) is 0 Å². The van der Waals surface area contributed by atoms with Crippen molar-refractivity contribution < 1.29 is 9.13 Å². The summed E-state index contributed by atoms with van der Waals surface area (Å²) in [7, 11) is 0. The number of nitrogens with zero attached hydrogens (tertiary/aromatic N) is 2. The predicted octanol–water partition coefficient (Wildman–Crippen LogP) is 5.90. The van der Waals surface area contributed by atoms with Gasteiger partial charge in [-0.25, -0.2) is 9.37 Å². The molecular weight excluding hydrogens is 389 g/mol. The number of pyridine rings is 1. The second kappa shape index (κ2) is 8.68. The lowest BCUT2D eigenvalue weighted by molar-refractivity contribution is 0.306. The lowest BCUT2D eigenvalue weighted by Gasteiger charge is -2.16. The molecule has 0 bridgehead atoms. The molecule has 0 saturated carbocycles. The van der Waals surface area contributed by atoms with Crippen LogP contribution in [0.1, 0.15) is 16.8 Å². The maximum absolute atomic E-state index is 13.1. The van der Waals surface area contributed by atoms with Crippen molar-refractivity contribution >= 4 is 5.82 Å². The molecule has 4 nitrogen and oxygen atoms in total. The summed E-state index contributed by atoms with van der Waals surface area (Å²) in [6, 6.07) is 25.8. The molecule has 0 aliphatic heterocycles. The van der Waals surface area contributed by atoms with E-state index in [4.69, 9.17) is 10.5 Å². The first-order valence-corrected chi connectivity index (χ1v) is 9.80. The van der Waals surface area contributed by atoms with Crippen molar-refractivity contribution in [2.24, 2.45) is 0 Å². The number of benzene rings is 3. The Labute approximate surface area is 180 Å². The highest BCUT2D eigenvalue weighted by Gasteiger charge is 2.19.